The summed E-state index contributed by atoms with van der Waals surface area (Å²) in [6.07, 6.45) is 0. The molecule has 1 aromatic heterocycles. The van der Waals surface area contributed by atoms with Crippen LogP contribution in [0.5, 0.6) is 0 Å². The highest BCUT2D eigenvalue weighted by Gasteiger charge is 2.11. The zero-order valence-electron chi connectivity index (χ0n) is 7.70. The number of nitrogens with one attached hydrogen (secondary N) is 1. The van der Waals surface area contributed by atoms with Gasteiger partial charge in [-0.1, -0.05) is 0 Å². The van der Waals surface area contributed by atoms with E-state index in [1.807, 2.05) is 0 Å². The zero-order chi connectivity index (χ0) is 11.2. The van der Waals surface area contributed by atoms with E-state index in [1.54, 1.807) is 0 Å². The average Bonchev–Trinajstić information content (AvgIpc) is 2.18. The summed E-state index contributed by atoms with van der Waals surface area (Å²) in [4.78, 5) is 13.7. The van der Waals surface area contributed by atoms with E-state index in [9.17, 15) is 13.6 Å². The van der Waals surface area contributed by atoms with Gasteiger partial charge in [0, 0.05) is 5.39 Å². The molecule has 1 heterocycles. The molecule has 0 aliphatic carbocycles. The number of halogens is 3. The molecule has 0 atom stereocenters. The van der Waals surface area contributed by atoms with Crippen LogP contribution >= 0.6 is 15.9 Å². The third-order valence-corrected chi connectivity index (χ3v) is 2.78. The predicted molar refractivity (Wildman–Crippen MR) is 56.9 cm³/mol. The first-order chi connectivity index (χ1) is 7.00. The van der Waals surface area contributed by atoms with E-state index in [0.29, 0.717) is 0 Å². The number of benzene rings is 1. The lowest BCUT2D eigenvalue weighted by Crippen LogP contribution is -2.10. The van der Waals surface area contributed by atoms with Crippen molar-refractivity contribution in [3.05, 3.63) is 44.3 Å². The Balaban J connectivity index is 3.04. The summed E-state index contributed by atoms with van der Waals surface area (Å²) in [6, 6.07) is 2.28. The van der Waals surface area contributed by atoms with Gasteiger partial charge >= 0.3 is 0 Å². The Kier molecular flexibility index (Phi) is 2.34. The van der Waals surface area contributed by atoms with Crippen molar-refractivity contribution in [2.75, 3.05) is 0 Å². The number of fused-ring (bicyclic) bond motifs is 1. The van der Waals surface area contributed by atoms with Crippen LogP contribution in [0.3, 0.4) is 0 Å². The summed E-state index contributed by atoms with van der Waals surface area (Å²) in [5.74, 6) is -1.12. The quantitative estimate of drug-likeness (QED) is 0.787. The summed E-state index contributed by atoms with van der Waals surface area (Å²) >= 11 is 2.95. The maximum absolute atomic E-state index is 13.6. The first kappa shape index (κ1) is 10.3. The molecule has 0 unspecified atom stereocenters. The van der Waals surface area contributed by atoms with E-state index in [-0.39, 0.29) is 20.9 Å². The minimum absolute atomic E-state index is 0.0128. The monoisotopic (exact) mass is 273 g/mol. The average molecular weight is 274 g/mol. The van der Waals surface area contributed by atoms with E-state index in [4.69, 9.17) is 0 Å². The SMILES string of the molecule is Cc1[nH]c(=O)c2cc(F)c(Br)cc2c1F. The van der Waals surface area contributed by atoms with Crippen molar-refractivity contribution in [1.82, 2.24) is 4.98 Å². The number of hydrogen-bond acceptors (Lipinski definition) is 1. The predicted octanol–water partition coefficient (Wildman–Crippen LogP) is 2.88. The fourth-order valence-electron chi connectivity index (χ4n) is 1.41. The maximum Gasteiger partial charge on any atom is 0.256 e. The van der Waals surface area contributed by atoms with Crippen LogP contribution in [0.15, 0.2) is 21.4 Å². The van der Waals surface area contributed by atoms with Crippen LogP contribution in [-0.2, 0) is 0 Å². The maximum atomic E-state index is 13.6. The molecule has 5 heteroatoms. The van der Waals surface area contributed by atoms with Crippen molar-refractivity contribution in [3.63, 3.8) is 0 Å². The number of hydrogen-bond donors (Lipinski definition) is 1. The molecule has 0 spiro atoms. The molecule has 1 N–H and O–H groups in total. The largest absolute Gasteiger partial charge is 0.323 e. The molecule has 0 aliphatic heterocycles. The highest BCUT2D eigenvalue weighted by atomic mass is 79.9. The highest BCUT2D eigenvalue weighted by Crippen LogP contribution is 2.23. The highest BCUT2D eigenvalue weighted by molar-refractivity contribution is 9.10. The molecular formula is C10H6BrF2NO. The third kappa shape index (κ3) is 1.56. The van der Waals surface area contributed by atoms with Crippen molar-refractivity contribution in [3.8, 4) is 0 Å². The smallest absolute Gasteiger partial charge is 0.256 e. The third-order valence-electron chi connectivity index (χ3n) is 2.17. The molecule has 0 amide bonds. The van der Waals surface area contributed by atoms with Gasteiger partial charge in [0.15, 0.2) is 0 Å². The Labute approximate surface area is 92.1 Å². The van der Waals surface area contributed by atoms with Gasteiger partial charge in [0.1, 0.15) is 11.6 Å². The van der Waals surface area contributed by atoms with Crippen LogP contribution in [0.4, 0.5) is 8.78 Å². The molecule has 2 rings (SSSR count). The number of H-pyrrole nitrogens is 1. The van der Waals surface area contributed by atoms with Crippen LogP contribution in [0, 0.1) is 18.6 Å². The van der Waals surface area contributed by atoms with E-state index in [1.165, 1.54) is 13.0 Å². The van der Waals surface area contributed by atoms with Crippen molar-refractivity contribution < 1.29 is 8.78 Å². The summed E-state index contributed by atoms with van der Waals surface area (Å²) in [6.45, 7) is 1.45. The van der Waals surface area contributed by atoms with Gasteiger partial charge in [0.05, 0.1) is 15.6 Å². The standard InChI is InChI=1S/C10H6BrF2NO/c1-4-9(13)5-2-7(11)8(12)3-6(5)10(15)14-4/h2-3H,1H3,(H,14,15). The molecule has 0 fully saturated rings. The van der Waals surface area contributed by atoms with Crippen LogP contribution in [-0.4, -0.2) is 4.98 Å². The Bertz CT molecular complexity index is 606. The second kappa shape index (κ2) is 3.41. The lowest BCUT2D eigenvalue weighted by Gasteiger charge is -2.03. The van der Waals surface area contributed by atoms with E-state index < -0.39 is 17.2 Å². The van der Waals surface area contributed by atoms with Gasteiger partial charge in [-0.15, -0.1) is 0 Å². The fourth-order valence-corrected chi connectivity index (χ4v) is 1.75. The molecule has 15 heavy (non-hydrogen) atoms. The van der Waals surface area contributed by atoms with Crippen molar-refractivity contribution >= 4 is 26.7 Å². The number of aromatic amines is 1. The lowest BCUT2D eigenvalue weighted by atomic mass is 10.1. The van der Waals surface area contributed by atoms with E-state index in [2.05, 4.69) is 20.9 Å². The molecule has 0 saturated carbocycles. The Morgan fingerprint density at radius 2 is 1.93 bits per heavy atom. The van der Waals surface area contributed by atoms with Gasteiger partial charge in [-0.3, -0.25) is 4.79 Å². The number of aromatic nitrogens is 1. The first-order valence-electron chi connectivity index (χ1n) is 4.18. The molecule has 0 radical (unpaired) electrons. The summed E-state index contributed by atoms with van der Waals surface area (Å²) in [5, 5.41) is 0.128. The van der Waals surface area contributed by atoms with E-state index in [0.717, 1.165) is 6.07 Å². The molecule has 2 aromatic rings. The van der Waals surface area contributed by atoms with Crippen molar-refractivity contribution in [2.24, 2.45) is 0 Å². The van der Waals surface area contributed by atoms with Gasteiger partial charge in [0.25, 0.3) is 5.56 Å². The number of rotatable bonds is 0. The lowest BCUT2D eigenvalue weighted by molar-refractivity contribution is 0.614. The van der Waals surface area contributed by atoms with Gasteiger partial charge < -0.3 is 4.98 Å². The van der Waals surface area contributed by atoms with E-state index >= 15 is 0 Å². The van der Waals surface area contributed by atoms with Crippen molar-refractivity contribution in [1.29, 1.82) is 0 Å². The Hall–Kier alpha value is -1.23. The van der Waals surface area contributed by atoms with Gasteiger partial charge in [-0.2, -0.15) is 0 Å². The van der Waals surface area contributed by atoms with Crippen LogP contribution < -0.4 is 5.56 Å². The summed E-state index contributed by atoms with van der Waals surface area (Å²) in [7, 11) is 0. The first-order valence-corrected chi connectivity index (χ1v) is 4.97. The second-order valence-corrected chi connectivity index (χ2v) is 4.06. The number of pyridine rings is 1. The molecule has 0 aliphatic rings. The van der Waals surface area contributed by atoms with Crippen molar-refractivity contribution in [2.45, 2.75) is 6.92 Å². The molecule has 0 bridgehead atoms. The van der Waals surface area contributed by atoms with Gasteiger partial charge in [-0.05, 0) is 35.0 Å². The summed E-state index contributed by atoms with van der Waals surface area (Å²) < 4.78 is 26.9. The molecule has 78 valence electrons. The zero-order valence-corrected chi connectivity index (χ0v) is 9.28. The molecule has 0 saturated heterocycles. The normalized spacial score (nSPS) is 10.9. The minimum atomic E-state index is -0.587. The van der Waals surface area contributed by atoms with Gasteiger partial charge in [-0.25, -0.2) is 8.78 Å². The Morgan fingerprint density at radius 1 is 1.27 bits per heavy atom. The van der Waals surface area contributed by atoms with Gasteiger partial charge in [0.2, 0.25) is 0 Å². The Morgan fingerprint density at radius 3 is 2.60 bits per heavy atom. The summed E-state index contributed by atoms with van der Waals surface area (Å²) in [5.41, 5.74) is -0.346. The molecule has 1 aromatic carbocycles. The van der Waals surface area contributed by atoms with Crippen LogP contribution in [0.1, 0.15) is 5.69 Å². The molecular weight excluding hydrogens is 268 g/mol. The molecule has 2 nitrogen and oxygen atoms in total. The van der Waals surface area contributed by atoms with Crippen LogP contribution in [0.25, 0.3) is 10.8 Å². The second-order valence-electron chi connectivity index (χ2n) is 3.21. The number of aryl methyl sites for hydroxylation is 1. The minimum Gasteiger partial charge on any atom is -0.323 e. The van der Waals surface area contributed by atoms with Crippen LogP contribution in [0.2, 0.25) is 0 Å². The fraction of sp³-hybridized carbons (Fsp3) is 0.100. The topological polar surface area (TPSA) is 32.9 Å².